The highest BCUT2D eigenvalue weighted by Crippen LogP contribution is 2.14. The summed E-state index contributed by atoms with van der Waals surface area (Å²) in [5.74, 6) is -0.0841. The Morgan fingerprint density at radius 3 is 2.94 bits per heavy atom. The zero-order chi connectivity index (χ0) is 12.1. The van der Waals surface area contributed by atoms with Gasteiger partial charge in [-0.05, 0) is 19.4 Å². The standard InChI is InChI=1S/C11H21N3O2/c1-3-9-10(15)13-6-7-14(9)11(16)8(2)4-5-12/h8-9H,3-7,12H2,1-2H3,(H,13,15). The molecule has 0 aromatic heterocycles. The molecular weight excluding hydrogens is 206 g/mol. The van der Waals surface area contributed by atoms with E-state index in [4.69, 9.17) is 5.73 Å². The number of nitrogens with two attached hydrogens (primary N) is 1. The molecule has 0 aromatic carbocycles. The van der Waals surface area contributed by atoms with Crippen molar-refractivity contribution in [2.24, 2.45) is 11.7 Å². The number of hydrogen-bond donors (Lipinski definition) is 2. The van der Waals surface area contributed by atoms with Gasteiger partial charge in [0.1, 0.15) is 6.04 Å². The summed E-state index contributed by atoms with van der Waals surface area (Å²) in [5, 5.41) is 2.78. The van der Waals surface area contributed by atoms with Gasteiger partial charge in [0.25, 0.3) is 0 Å². The van der Waals surface area contributed by atoms with Gasteiger partial charge in [0, 0.05) is 19.0 Å². The highest BCUT2D eigenvalue weighted by molar-refractivity contribution is 5.89. The number of amides is 2. The normalized spacial score (nSPS) is 22.8. The summed E-state index contributed by atoms with van der Waals surface area (Å²) in [6.45, 7) is 5.45. The van der Waals surface area contributed by atoms with Gasteiger partial charge in [-0.25, -0.2) is 0 Å². The van der Waals surface area contributed by atoms with Gasteiger partial charge in [-0.3, -0.25) is 9.59 Å². The molecule has 5 nitrogen and oxygen atoms in total. The third-order valence-electron chi connectivity index (χ3n) is 3.02. The molecule has 0 radical (unpaired) electrons. The summed E-state index contributed by atoms with van der Waals surface area (Å²) in [4.78, 5) is 25.4. The molecular formula is C11H21N3O2. The number of rotatable bonds is 4. The fraction of sp³-hybridized carbons (Fsp3) is 0.818. The SMILES string of the molecule is CCC1C(=O)NCCN1C(=O)C(C)CCN. The van der Waals surface area contributed by atoms with Gasteiger partial charge < -0.3 is 16.0 Å². The summed E-state index contributed by atoms with van der Waals surface area (Å²) in [7, 11) is 0. The van der Waals surface area contributed by atoms with Crippen molar-refractivity contribution in [1.82, 2.24) is 10.2 Å². The van der Waals surface area contributed by atoms with E-state index in [1.165, 1.54) is 0 Å². The maximum absolute atomic E-state index is 12.1. The molecule has 5 heteroatoms. The van der Waals surface area contributed by atoms with Crippen LogP contribution in [-0.2, 0) is 9.59 Å². The van der Waals surface area contributed by atoms with Gasteiger partial charge in [0.2, 0.25) is 11.8 Å². The number of piperazine rings is 1. The Bertz CT molecular complexity index is 268. The molecule has 1 fully saturated rings. The van der Waals surface area contributed by atoms with E-state index < -0.39 is 0 Å². The van der Waals surface area contributed by atoms with Crippen LogP contribution in [0.1, 0.15) is 26.7 Å². The van der Waals surface area contributed by atoms with Gasteiger partial charge in [0.05, 0.1) is 0 Å². The maximum atomic E-state index is 12.1. The van der Waals surface area contributed by atoms with Crippen molar-refractivity contribution in [1.29, 1.82) is 0 Å². The van der Waals surface area contributed by atoms with Crippen molar-refractivity contribution >= 4 is 11.8 Å². The molecule has 0 aliphatic carbocycles. The van der Waals surface area contributed by atoms with Gasteiger partial charge in [-0.2, -0.15) is 0 Å². The summed E-state index contributed by atoms with van der Waals surface area (Å²) in [6.07, 6.45) is 1.33. The third-order valence-corrected chi connectivity index (χ3v) is 3.02. The second-order valence-corrected chi connectivity index (χ2v) is 4.23. The van der Waals surface area contributed by atoms with E-state index in [2.05, 4.69) is 5.32 Å². The second-order valence-electron chi connectivity index (χ2n) is 4.23. The zero-order valence-corrected chi connectivity index (χ0v) is 10.0. The molecule has 2 atom stereocenters. The van der Waals surface area contributed by atoms with Gasteiger partial charge in [-0.1, -0.05) is 13.8 Å². The average Bonchev–Trinajstić information content (AvgIpc) is 2.28. The lowest BCUT2D eigenvalue weighted by Crippen LogP contribution is -2.58. The van der Waals surface area contributed by atoms with Crippen LogP contribution in [0.3, 0.4) is 0 Å². The first-order valence-corrected chi connectivity index (χ1v) is 5.90. The molecule has 2 unspecified atom stereocenters. The number of hydrogen-bond acceptors (Lipinski definition) is 3. The average molecular weight is 227 g/mol. The van der Waals surface area contributed by atoms with Crippen LogP contribution < -0.4 is 11.1 Å². The van der Waals surface area contributed by atoms with E-state index in [9.17, 15) is 9.59 Å². The predicted molar refractivity (Wildman–Crippen MR) is 61.6 cm³/mol. The molecule has 0 aromatic rings. The molecule has 0 spiro atoms. The van der Waals surface area contributed by atoms with Gasteiger partial charge in [0.15, 0.2) is 0 Å². The topological polar surface area (TPSA) is 75.4 Å². The highest BCUT2D eigenvalue weighted by Gasteiger charge is 2.33. The molecule has 1 heterocycles. The minimum absolute atomic E-state index is 0.0398. The fourth-order valence-corrected chi connectivity index (χ4v) is 2.04. The Hall–Kier alpha value is -1.10. The lowest BCUT2D eigenvalue weighted by Gasteiger charge is -2.36. The first kappa shape index (κ1) is 13.0. The predicted octanol–water partition coefficient (Wildman–Crippen LogP) is -0.292. The van der Waals surface area contributed by atoms with Crippen molar-refractivity contribution < 1.29 is 9.59 Å². The first-order valence-electron chi connectivity index (χ1n) is 5.90. The van der Waals surface area contributed by atoms with Crippen LogP contribution in [0, 0.1) is 5.92 Å². The molecule has 1 aliphatic rings. The van der Waals surface area contributed by atoms with Crippen LogP contribution in [0.25, 0.3) is 0 Å². The Morgan fingerprint density at radius 2 is 2.38 bits per heavy atom. The van der Waals surface area contributed by atoms with Crippen molar-refractivity contribution in [3.63, 3.8) is 0 Å². The summed E-state index contributed by atoms with van der Waals surface area (Å²) < 4.78 is 0. The molecule has 1 aliphatic heterocycles. The molecule has 1 rings (SSSR count). The Labute approximate surface area is 96.4 Å². The van der Waals surface area contributed by atoms with E-state index in [1.807, 2.05) is 13.8 Å². The smallest absolute Gasteiger partial charge is 0.242 e. The monoisotopic (exact) mass is 227 g/mol. The largest absolute Gasteiger partial charge is 0.353 e. The first-order chi connectivity index (χ1) is 7.61. The van der Waals surface area contributed by atoms with Crippen molar-refractivity contribution in [3.8, 4) is 0 Å². The minimum Gasteiger partial charge on any atom is -0.353 e. The molecule has 3 N–H and O–H groups in total. The van der Waals surface area contributed by atoms with Crippen LogP contribution in [-0.4, -0.2) is 42.4 Å². The lowest BCUT2D eigenvalue weighted by molar-refractivity contribution is -0.146. The molecule has 0 bridgehead atoms. The van der Waals surface area contributed by atoms with E-state index >= 15 is 0 Å². The Kier molecular flexibility index (Phi) is 4.73. The molecule has 92 valence electrons. The summed E-state index contributed by atoms with van der Waals surface area (Å²) >= 11 is 0. The number of nitrogens with one attached hydrogen (secondary N) is 1. The Balaban J connectivity index is 2.68. The van der Waals surface area contributed by atoms with Crippen LogP contribution >= 0.6 is 0 Å². The van der Waals surface area contributed by atoms with E-state index in [1.54, 1.807) is 4.90 Å². The quantitative estimate of drug-likeness (QED) is 0.693. The van der Waals surface area contributed by atoms with E-state index in [0.717, 1.165) is 0 Å². The zero-order valence-electron chi connectivity index (χ0n) is 10.0. The maximum Gasteiger partial charge on any atom is 0.242 e. The van der Waals surface area contributed by atoms with Gasteiger partial charge in [-0.15, -0.1) is 0 Å². The third kappa shape index (κ3) is 2.72. The number of nitrogens with zero attached hydrogens (tertiary/aromatic N) is 1. The summed E-state index contributed by atoms with van der Waals surface area (Å²) in [6, 6.07) is -0.304. The van der Waals surface area contributed by atoms with E-state index in [0.29, 0.717) is 32.5 Å². The van der Waals surface area contributed by atoms with Gasteiger partial charge >= 0.3 is 0 Å². The number of carbonyl (C=O) groups is 2. The summed E-state index contributed by atoms with van der Waals surface area (Å²) in [5.41, 5.74) is 5.44. The van der Waals surface area contributed by atoms with Crippen LogP contribution in [0.4, 0.5) is 0 Å². The van der Waals surface area contributed by atoms with Crippen molar-refractivity contribution in [3.05, 3.63) is 0 Å². The van der Waals surface area contributed by atoms with E-state index in [-0.39, 0.29) is 23.8 Å². The Morgan fingerprint density at radius 1 is 1.69 bits per heavy atom. The molecule has 2 amide bonds. The van der Waals surface area contributed by atoms with Crippen LogP contribution in [0.15, 0.2) is 0 Å². The highest BCUT2D eigenvalue weighted by atomic mass is 16.2. The molecule has 1 saturated heterocycles. The van der Waals surface area contributed by atoms with Crippen molar-refractivity contribution in [2.75, 3.05) is 19.6 Å². The molecule has 16 heavy (non-hydrogen) atoms. The minimum atomic E-state index is -0.304. The second kappa shape index (κ2) is 5.84. The van der Waals surface area contributed by atoms with Crippen molar-refractivity contribution in [2.45, 2.75) is 32.7 Å². The molecule has 0 saturated carbocycles. The fourth-order valence-electron chi connectivity index (χ4n) is 2.04. The van der Waals surface area contributed by atoms with Crippen LogP contribution in [0.5, 0.6) is 0 Å². The number of carbonyl (C=O) groups excluding carboxylic acids is 2. The lowest BCUT2D eigenvalue weighted by atomic mass is 10.0. The van der Waals surface area contributed by atoms with Crippen LogP contribution in [0.2, 0.25) is 0 Å².